The molecule has 0 aliphatic carbocycles. The SMILES string of the molecule is Nc1ncnc2c1CCN2C1OC2COP(=O)(O)OC3C(COP(=O)(S)OC1C2O)OC(n1ccc2c(N)ncnc21)C3O. The highest BCUT2D eigenvalue weighted by molar-refractivity contribution is 8.44. The highest BCUT2D eigenvalue weighted by atomic mass is 32.7. The van der Waals surface area contributed by atoms with Gasteiger partial charge in [0.1, 0.15) is 72.4 Å². The van der Waals surface area contributed by atoms with Gasteiger partial charge in [-0.05, 0) is 12.5 Å². The van der Waals surface area contributed by atoms with Crippen LogP contribution in [0.4, 0.5) is 17.5 Å². The number of hydrogen-bond acceptors (Lipinski definition) is 17. The van der Waals surface area contributed by atoms with Crippen molar-refractivity contribution in [2.75, 3.05) is 36.1 Å². The van der Waals surface area contributed by atoms with Gasteiger partial charge in [0, 0.05) is 18.3 Å². The maximum Gasteiger partial charge on any atom is 0.472 e. The van der Waals surface area contributed by atoms with Crippen LogP contribution in [0, 0.1) is 0 Å². The van der Waals surface area contributed by atoms with Crippen molar-refractivity contribution in [3.05, 3.63) is 30.5 Å². The number of nitrogens with zero attached hydrogens (tertiary/aromatic N) is 6. The van der Waals surface area contributed by atoms with Gasteiger partial charge in [0.05, 0.1) is 18.6 Å². The van der Waals surface area contributed by atoms with Crippen molar-refractivity contribution in [3.63, 3.8) is 0 Å². The lowest BCUT2D eigenvalue weighted by Crippen LogP contribution is -2.45. The van der Waals surface area contributed by atoms with Gasteiger partial charge in [0.25, 0.3) is 0 Å². The van der Waals surface area contributed by atoms with Crippen LogP contribution in [0.3, 0.4) is 0 Å². The largest absolute Gasteiger partial charge is 0.472 e. The number of fused-ring (bicyclic) bond motifs is 5. The number of phosphoric ester groups is 1. The molecule has 10 atom stereocenters. The molecule has 0 saturated carbocycles. The zero-order valence-electron chi connectivity index (χ0n) is 22.5. The van der Waals surface area contributed by atoms with Gasteiger partial charge < -0.3 is 45.5 Å². The Hall–Kier alpha value is -2.45. The monoisotopic (exact) mass is 674 g/mol. The molecule has 3 fully saturated rings. The molecule has 0 radical (unpaired) electrons. The zero-order valence-corrected chi connectivity index (χ0v) is 25.2. The van der Waals surface area contributed by atoms with Gasteiger partial charge in [-0.15, -0.1) is 0 Å². The molecule has 2 bridgehead atoms. The van der Waals surface area contributed by atoms with Crippen LogP contribution in [0.2, 0.25) is 0 Å². The maximum atomic E-state index is 13.5. The normalized spacial score (nSPS) is 39.4. The number of aromatic nitrogens is 5. The lowest BCUT2D eigenvalue weighted by molar-refractivity contribution is -0.0515. The molecule has 7 rings (SSSR count). The fraction of sp³-hybridized carbons (Fsp3) is 0.545. The molecule has 3 aromatic heterocycles. The van der Waals surface area contributed by atoms with Crippen molar-refractivity contribution < 1.29 is 51.8 Å². The lowest BCUT2D eigenvalue weighted by atomic mass is 10.1. The van der Waals surface area contributed by atoms with E-state index in [-0.39, 0.29) is 11.6 Å². The minimum atomic E-state index is -4.94. The van der Waals surface area contributed by atoms with Crippen LogP contribution in [-0.4, -0.2) is 102 Å². The van der Waals surface area contributed by atoms with E-state index in [0.717, 1.165) is 0 Å². The average Bonchev–Trinajstić information content (AvgIpc) is 3.73. The smallest absolute Gasteiger partial charge is 0.387 e. The molecule has 3 aromatic rings. The van der Waals surface area contributed by atoms with Gasteiger partial charge in [-0.3, -0.25) is 18.1 Å². The summed E-state index contributed by atoms with van der Waals surface area (Å²) in [6.07, 6.45) is -6.30. The number of anilines is 3. The Morgan fingerprint density at radius 2 is 1.64 bits per heavy atom. The van der Waals surface area contributed by atoms with Crippen molar-refractivity contribution in [2.24, 2.45) is 0 Å². The van der Waals surface area contributed by atoms with Crippen molar-refractivity contribution in [3.8, 4) is 0 Å². The maximum absolute atomic E-state index is 13.5. The number of hydrogen-bond donors (Lipinski definition) is 6. The van der Waals surface area contributed by atoms with Crippen LogP contribution in [0.25, 0.3) is 11.0 Å². The van der Waals surface area contributed by atoms with E-state index < -0.39 is 76.9 Å². The highest BCUT2D eigenvalue weighted by Gasteiger charge is 2.54. The summed E-state index contributed by atoms with van der Waals surface area (Å²) in [7, 11) is -4.94. The molecule has 44 heavy (non-hydrogen) atoms. The van der Waals surface area contributed by atoms with Crippen LogP contribution in [0.15, 0.2) is 24.9 Å². The van der Waals surface area contributed by atoms with Gasteiger partial charge in [-0.2, -0.15) is 0 Å². The summed E-state index contributed by atoms with van der Waals surface area (Å²) < 4.78 is 61.9. The Labute approximate surface area is 253 Å². The van der Waals surface area contributed by atoms with Gasteiger partial charge in [0.2, 0.25) is 0 Å². The van der Waals surface area contributed by atoms with E-state index in [2.05, 4.69) is 32.2 Å². The first-order valence-corrected chi connectivity index (χ1v) is 17.5. The first kappa shape index (κ1) is 30.2. The molecule has 0 aromatic carbocycles. The summed E-state index contributed by atoms with van der Waals surface area (Å²) in [6, 6.07) is 1.61. The Morgan fingerprint density at radius 1 is 0.909 bits per heavy atom. The molecule has 10 unspecified atom stereocenters. The lowest BCUT2D eigenvalue weighted by Gasteiger charge is -2.31. The summed E-state index contributed by atoms with van der Waals surface area (Å²) in [4.78, 5) is 28.7. The van der Waals surface area contributed by atoms with Crippen molar-refractivity contribution in [1.29, 1.82) is 0 Å². The molecule has 4 aliphatic rings. The molecule has 7 N–H and O–H groups in total. The summed E-state index contributed by atoms with van der Waals surface area (Å²) in [5, 5.41) is 22.8. The number of ether oxygens (including phenoxy) is 2. The molecule has 22 heteroatoms. The zero-order chi connectivity index (χ0) is 31.0. The fourth-order valence-electron chi connectivity index (χ4n) is 5.82. The molecule has 4 aliphatic heterocycles. The average molecular weight is 675 g/mol. The summed E-state index contributed by atoms with van der Waals surface area (Å²) in [5.41, 5.74) is 12.9. The minimum Gasteiger partial charge on any atom is -0.387 e. The van der Waals surface area contributed by atoms with Crippen molar-refractivity contribution >= 4 is 55.4 Å². The van der Waals surface area contributed by atoms with Crippen LogP contribution in [-0.2, 0) is 43.1 Å². The molecular formula is C22H28N8O11P2S. The molecule has 0 amide bonds. The standard InChI is InChI=1S/C22H28N8O11P2S/c23-17-9-1-3-29(19(9)27-7-25-17)21-14(32)15-12(39-21)6-37-43(35,44)41-16-13(31)11(5-36-42(33,34)40-15)38-22(16)30-4-2-10-18(24)26-8-28-20(10)30/h1,3,7-8,11-16,21-22,31-32H,2,4-6H2,(H,33,34)(H,35,44)(H2,23,25,27)(H2,24,26,28). The quantitative estimate of drug-likeness (QED) is 0.151. The number of nitrogen functional groups attached to an aromatic ring is 2. The van der Waals surface area contributed by atoms with Crippen LogP contribution >= 0.6 is 26.9 Å². The van der Waals surface area contributed by atoms with Gasteiger partial charge in [-0.1, -0.05) is 12.2 Å². The topological polar surface area (TPSA) is 262 Å². The predicted octanol–water partition coefficient (Wildman–Crippen LogP) is -0.252. The number of phosphoric acid groups is 1. The number of thiol groups is 1. The number of rotatable bonds is 2. The predicted molar refractivity (Wildman–Crippen MR) is 152 cm³/mol. The Bertz CT molecular complexity index is 1690. The first-order chi connectivity index (χ1) is 20.9. The molecular weight excluding hydrogens is 646 g/mol. The van der Waals surface area contributed by atoms with Crippen molar-refractivity contribution in [2.45, 2.75) is 55.5 Å². The second-order valence-electron chi connectivity index (χ2n) is 10.5. The summed E-state index contributed by atoms with van der Waals surface area (Å²) >= 11 is 4.11. The van der Waals surface area contributed by atoms with Gasteiger partial charge in [-0.25, -0.2) is 29.1 Å². The molecule has 3 saturated heterocycles. The second kappa shape index (κ2) is 11.1. The third-order valence-electron chi connectivity index (χ3n) is 7.89. The number of aliphatic hydroxyl groups is 2. The third-order valence-corrected chi connectivity index (χ3v) is 10.5. The second-order valence-corrected chi connectivity index (χ2v) is 14.8. The number of nitrogens with two attached hydrogens (primary N) is 2. The fourth-order valence-corrected chi connectivity index (χ4v) is 8.25. The van der Waals surface area contributed by atoms with E-state index in [0.29, 0.717) is 35.4 Å². The Balaban J connectivity index is 1.18. The van der Waals surface area contributed by atoms with E-state index in [4.69, 9.17) is 39.0 Å². The van der Waals surface area contributed by atoms with Gasteiger partial charge >= 0.3 is 14.6 Å². The van der Waals surface area contributed by atoms with E-state index in [1.54, 1.807) is 11.0 Å². The van der Waals surface area contributed by atoms with Crippen LogP contribution in [0.1, 0.15) is 11.8 Å². The number of aliphatic hydroxyl groups excluding tert-OH is 2. The minimum absolute atomic E-state index is 0.190. The Morgan fingerprint density at radius 3 is 2.45 bits per heavy atom. The summed E-state index contributed by atoms with van der Waals surface area (Å²) in [5.74, 6) is 0.881. The molecule has 238 valence electrons. The van der Waals surface area contributed by atoms with Crippen molar-refractivity contribution in [1.82, 2.24) is 24.5 Å². The Kier molecular flexibility index (Phi) is 7.63. The molecule has 0 spiro atoms. The van der Waals surface area contributed by atoms with E-state index >= 15 is 0 Å². The van der Waals surface area contributed by atoms with E-state index in [1.807, 2.05) is 0 Å². The third kappa shape index (κ3) is 5.28. The van der Waals surface area contributed by atoms with E-state index in [1.165, 1.54) is 23.4 Å². The molecule has 19 nitrogen and oxygen atoms in total. The van der Waals surface area contributed by atoms with Crippen LogP contribution in [0.5, 0.6) is 0 Å². The summed E-state index contributed by atoms with van der Waals surface area (Å²) in [6.45, 7) is -5.19. The van der Waals surface area contributed by atoms with E-state index in [9.17, 15) is 24.2 Å². The highest BCUT2D eigenvalue weighted by Crippen LogP contribution is 2.58. The van der Waals surface area contributed by atoms with Crippen LogP contribution < -0.4 is 16.4 Å². The van der Waals surface area contributed by atoms with Gasteiger partial charge in [0.15, 0.2) is 12.5 Å². The molecule has 7 heterocycles. The first-order valence-electron chi connectivity index (χ1n) is 13.3.